The van der Waals surface area contributed by atoms with Crippen molar-refractivity contribution in [2.45, 2.75) is 44.6 Å². The lowest BCUT2D eigenvalue weighted by atomic mass is 9.84. The standard InChI is InChI=1S/C16H19F2NO3/c17-12-7-4-8-13(18)11(12)9-14(20)19-15(16(21)22)10-5-2-1-3-6-10/h4,7-8,10,15H,1-3,5-6,9H2,(H,19,20)(H,21,22)/t15-/m1/s1. The molecule has 0 heterocycles. The molecule has 120 valence electrons. The highest BCUT2D eigenvalue weighted by atomic mass is 19.1. The third-order valence-corrected chi connectivity index (χ3v) is 4.10. The molecular formula is C16H19F2NO3. The van der Waals surface area contributed by atoms with E-state index in [4.69, 9.17) is 0 Å². The lowest BCUT2D eigenvalue weighted by Crippen LogP contribution is -2.47. The Hall–Kier alpha value is -1.98. The van der Waals surface area contributed by atoms with Gasteiger partial charge in [-0.25, -0.2) is 13.6 Å². The number of carbonyl (C=O) groups is 2. The molecule has 1 aliphatic carbocycles. The lowest BCUT2D eigenvalue weighted by molar-refractivity contribution is -0.143. The van der Waals surface area contributed by atoms with Crippen molar-refractivity contribution in [2.75, 3.05) is 0 Å². The van der Waals surface area contributed by atoms with Gasteiger partial charge in [-0.2, -0.15) is 0 Å². The van der Waals surface area contributed by atoms with Crippen LogP contribution in [-0.2, 0) is 16.0 Å². The molecular weight excluding hydrogens is 292 g/mol. The van der Waals surface area contributed by atoms with Gasteiger partial charge in [0, 0.05) is 5.56 Å². The summed E-state index contributed by atoms with van der Waals surface area (Å²) in [6.07, 6.45) is 3.92. The molecule has 0 bridgehead atoms. The van der Waals surface area contributed by atoms with Gasteiger partial charge in [0.05, 0.1) is 6.42 Å². The van der Waals surface area contributed by atoms with E-state index < -0.39 is 36.0 Å². The minimum Gasteiger partial charge on any atom is -0.480 e. The van der Waals surface area contributed by atoms with Gasteiger partial charge < -0.3 is 10.4 Å². The number of carboxylic acids is 1. The van der Waals surface area contributed by atoms with Crippen LogP contribution in [-0.4, -0.2) is 23.0 Å². The minimum absolute atomic E-state index is 0.124. The highest BCUT2D eigenvalue weighted by Crippen LogP contribution is 2.26. The SMILES string of the molecule is O=C(Cc1c(F)cccc1F)N[C@@H](C(=O)O)C1CCCCC1. The van der Waals surface area contributed by atoms with E-state index in [0.717, 1.165) is 44.2 Å². The maximum Gasteiger partial charge on any atom is 0.326 e. The van der Waals surface area contributed by atoms with Crippen molar-refractivity contribution >= 4 is 11.9 Å². The first-order valence-electron chi connectivity index (χ1n) is 7.44. The normalized spacial score (nSPS) is 17.0. The van der Waals surface area contributed by atoms with E-state index in [9.17, 15) is 23.5 Å². The molecule has 0 aliphatic heterocycles. The Balaban J connectivity index is 2.03. The van der Waals surface area contributed by atoms with Crippen LogP contribution in [0.5, 0.6) is 0 Å². The highest BCUT2D eigenvalue weighted by molar-refractivity contribution is 5.85. The van der Waals surface area contributed by atoms with E-state index in [1.807, 2.05) is 0 Å². The number of carbonyl (C=O) groups excluding carboxylic acids is 1. The van der Waals surface area contributed by atoms with Gasteiger partial charge in [0.1, 0.15) is 17.7 Å². The third kappa shape index (κ3) is 4.02. The summed E-state index contributed by atoms with van der Waals surface area (Å²) in [7, 11) is 0. The molecule has 1 aromatic carbocycles. The van der Waals surface area contributed by atoms with Crippen molar-refractivity contribution in [1.29, 1.82) is 0 Å². The van der Waals surface area contributed by atoms with E-state index in [2.05, 4.69) is 5.32 Å². The van der Waals surface area contributed by atoms with Crippen LogP contribution in [0.2, 0.25) is 0 Å². The molecule has 22 heavy (non-hydrogen) atoms. The van der Waals surface area contributed by atoms with Gasteiger partial charge in [-0.3, -0.25) is 4.79 Å². The molecule has 1 amide bonds. The summed E-state index contributed by atoms with van der Waals surface area (Å²) in [5, 5.41) is 11.7. The lowest BCUT2D eigenvalue weighted by Gasteiger charge is -2.28. The second-order valence-corrected chi connectivity index (χ2v) is 5.66. The van der Waals surface area contributed by atoms with Gasteiger partial charge in [-0.15, -0.1) is 0 Å². The number of aliphatic carboxylic acids is 1. The molecule has 2 rings (SSSR count). The van der Waals surface area contributed by atoms with Crippen LogP contribution in [0.3, 0.4) is 0 Å². The van der Waals surface area contributed by atoms with E-state index in [1.165, 1.54) is 6.07 Å². The van der Waals surface area contributed by atoms with Crippen molar-refractivity contribution in [2.24, 2.45) is 5.92 Å². The first-order chi connectivity index (χ1) is 10.5. The van der Waals surface area contributed by atoms with Gasteiger partial charge in [0.25, 0.3) is 0 Å². The van der Waals surface area contributed by atoms with Gasteiger partial charge in [-0.05, 0) is 30.9 Å². The number of amides is 1. The van der Waals surface area contributed by atoms with Gasteiger partial charge >= 0.3 is 5.97 Å². The monoisotopic (exact) mass is 311 g/mol. The van der Waals surface area contributed by atoms with Crippen LogP contribution in [0, 0.1) is 17.6 Å². The molecule has 0 aromatic heterocycles. The second-order valence-electron chi connectivity index (χ2n) is 5.66. The first-order valence-corrected chi connectivity index (χ1v) is 7.44. The van der Waals surface area contributed by atoms with Gasteiger partial charge in [0.2, 0.25) is 5.91 Å². The van der Waals surface area contributed by atoms with Gasteiger partial charge in [0.15, 0.2) is 0 Å². The van der Waals surface area contributed by atoms with Crippen LogP contribution >= 0.6 is 0 Å². The van der Waals surface area contributed by atoms with Crippen molar-refractivity contribution < 1.29 is 23.5 Å². The summed E-state index contributed by atoms with van der Waals surface area (Å²) < 4.78 is 27.1. The molecule has 0 saturated heterocycles. The molecule has 1 fully saturated rings. The van der Waals surface area contributed by atoms with Crippen molar-refractivity contribution in [3.05, 3.63) is 35.4 Å². The van der Waals surface area contributed by atoms with Crippen LogP contribution in [0.1, 0.15) is 37.7 Å². The molecule has 2 N–H and O–H groups in total. The summed E-state index contributed by atoms with van der Waals surface area (Å²) in [6.45, 7) is 0. The average molecular weight is 311 g/mol. The topological polar surface area (TPSA) is 66.4 Å². The van der Waals surface area contributed by atoms with Crippen LogP contribution in [0.25, 0.3) is 0 Å². The van der Waals surface area contributed by atoms with Crippen LogP contribution < -0.4 is 5.32 Å². The summed E-state index contributed by atoms with van der Waals surface area (Å²) in [4.78, 5) is 23.3. The zero-order valence-electron chi connectivity index (χ0n) is 12.1. The van der Waals surface area contributed by atoms with Crippen molar-refractivity contribution in [3.63, 3.8) is 0 Å². The summed E-state index contributed by atoms with van der Waals surface area (Å²) in [5.41, 5.74) is -0.340. The predicted octanol–water partition coefficient (Wildman–Crippen LogP) is 2.66. The Morgan fingerprint density at radius 2 is 1.77 bits per heavy atom. The zero-order chi connectivity index (χ0) is 16.1. The number of halogens is 2. The smallest absolute Gasteiger partial charge is 0.326 e. The summed E-state index contributed by atoms with van der Waals surface area (Å²) in [5.74, 6) is -3.52. The van der Waals surface area contributed by atoms with E-state index in [-0.39, 0.29) is 11.5 Å². The largest absolute Gasteiger partial charge is 0.480 e. The molecule has 6 heteroatoms. The Kier molecular flexibility index (Phi) is 5.46. The fraction of sp³-hybridized carbons (Fsp3) is 0.500. The van der Waals surface area contributed by atoms with Crippen molar-refractivity contribution in [3.8, 4) is 0 Å². The number of benzene rings is 1. The third-order valence-electron chi connectivity index (χ3n) is 4.10. The molecule has 1 aliphatic rings. The Bertz CT molecular complexity index is 536. The average Bonchev–Trinajstić information content (AvgIpc) is 2.49. The van der Waals surface area contributed by atoms with Crippen molar-refractivity contribution in [1.82, 2.24) is 5.32 Å². The number of hydrogen-bond acceptors (Lipinski definition) is 2. The molecule has 1 atom stereocenters. The highest BCUT2D eigenvalue weighted by Gasteiger charge is 2.31. The molecule has 0 spiro atoms. The molecule has 4 nitrogen and oxygen atoms in total. The predicted molar refractivity (Wildman–Crippen MR) is 76.2 cm³/mol. The summed E-state index contributed by atoms with van der Waals surface area (Å²) >= 11 is 0. The Morgan fingerprint density at radius 3 is 2.32 bits per heavy atom. The number of nitrogens with one attached hydrogen (secondary N) is 1. The Morgan fingerprint density at radius 1 is 1.18 bits per heavy atom. The van der Waals surface area contributed by atoms with E-state index in [0.29, 0.717) is 0 Å². The fourth-order valence-electron chi connectivity index (χ4n) is 2.93. The van der Waals surface area contributed by atoms with E-state index >= 15 is 0 Å². The maximum atomic E-state index is 13.5. The molecule has 1 saturated carbocycles. The number of rotatable bonds is 5. The van der Waals surface area contributed by atoms with E-state index in [1.54, 1.807) is 0 Å². The van der Waals surface area contributed by atoms with Gasteiger partial charge in [-0.1, -0.05) is 25.3 Å². The number of hydrogen-bond donors (Lipinski definition) is 2. The molecule has 0 unspecified atom stereocenters. The molecule has 1 aromatic rings. The first kappa shape index (κ1) is 16.4. The second kappa shape index (κ2) is 7.33. The minimum atomic E-state index is -1.10. The van der Waals surface area contributed by atoms with Crippen LogP contribution in [0.4, 0.5) is 8.78 Å². The Labute approximate surface area is 127 Å². The fourth-order valence-corrected chi connectivity index (χ4v) is 2.93. The van der Waals surface area contributed by atoms with Crippen LogP contribution in [0.15, 0.2) is 18.2 Å². The zero-order valence-corrected chi connectivity index (χ0v) is 12.1. The maximum absolute atomic E-state index is 13.5. The quantitative estimate of drug-likeness (QED) is 0.878. The summed E-state index contributed by atoms with van der Waals surface area (Å²) in [6, 6.07) is 2.36. The molecule has 0 radical (unpaired) electrons. The number of carboxylic acid groups (broad SMARTS) is 1.